The lowest BCUT2D eigenvalue weighted by Crippen LogP contribution is -1.89. The van der Waals surface area contributed by atoms with E-state index in [1.54, 1.807) is 11.8 Å². The van der Waals surface area contributed by atoms with Gasteiger partial charge in [-0.1, -0.05) is 6.07 Å². The fraction of sp³-hybridized carbons (Fsp3) is 0.154. The van der Waals surface area contributed by atoms with Crippen LogP contribution in [0.3, 0.4) is 0 Å². The molecule has 0 unspecified atom stereocenters. The smallest absolute Gasteiger partial charge is 0.0507 e. The van der Waals surface area contributed by atoms with E-state index >= 15 is 0 Å². The molecule has 4 heteroatoms. The monoisotopic (exact) mass is 308 g/mol. The first-order chi connectivity index (χ1) is 8.15. The summed E-state index contributed by atoms with van der Waals surface area (Å²) in [6.07, 6.45) is 1.82. The summed E-state index contributed by atoms with van der Waals surface area (Å²) in [6, 6.07) is 10.0. The number of hydrogen-bond donors (Lipinski definition) is 1. The Morgan fingerprint density at radius 2 is 2.12 bits per heavy atom. The molecule has 1 aromatic heterocycles. The number of pyridine rings is 1. The summed E-state index contributed by atoms with van der Waals surface area (Å²) in [6.45, 7) is 2.09. The highest BCUT2D eigenvalue weighted by molar-refractivity contribution is 9.10. The van der Waals surface area contributed by atoms with E-state index in [-0.39, 0.29) is 0 Å². The fourth-order valence-corrected chi connectivity index (χ4v) is 2.64. The van der Waals surface area contributed by atoms with E-state index in [4.69, 9.17) is 5.73 Å². The molecule has 2 nitrogen and oxygen atoms in total. The summed E-state index contributed by atoms with van der Waals surface area (Å²) in [5.74, 6) is 0.859. The summed E-state index contributed by atoms with van der Waals surface area (Å²) in [7, 11) is 0. The second-order valence-electron chi connectivity index (χ2n) is 3.78. The first kappa shape index (κ1) is 12.5. The molecule has 0 radical (unpaired) electrons. The van der Waals surface area contributed by atoms with Crippen LogP contribution in [0.4, 0.5) is 5.69 Å². The lowest BCUT2D eigenvalue weighted by atomic mass is 10.2. The van der Waals surface area contributed by atoms with Crippen LogP contribution in [-0.2, 0) is 5.75 Å². The summed E-state index contributed by atoms with van der Waals surface area (Å²) < 4.78 is 1.01. The molecular formula is C13H13BrN2S. The lowest BCUT2D eigenvalue weighted by Gasteiger charge is -2.06. The van der Waals surface area contributed by atoms with Crippen molar-refractivity contribution in [1.82, 2.24) is 4.98 Å². The van der Waals surface area contributed by atoms with Crippen molar-refractivity contribution in [3.05, 3.63) is 52.3 Å². The normalized spacial score (nSPS) is 10.5. The van der Waals surface area contributed by atoms with Gasteiger partial charge in [-0.15, -0.1) is 11.8 Å². The molecule has 17 heavy (non-hydrogen) atoms. The Morgan fingerprint density at radius 1 is 1.29 bits per heavy atom. The van der Waals surface area contributed by atoms with Crippen LogP contribution in [0, 0.1) is 6.92 Å². The van der Waals surface area contributed by atoms with Crippen molar-refractivity contribution in [2.45, 2.75) is 17.6 Å². The highest BCUT2D eigenvalue weighted by Gasteiger charge is 2.01. The minimum atomic E-state index is 0.807. The second kappa shape index (κ2) is 5.56. The Kier molecular flexibility index (Phi) is 4.07. The van der Waals surface area contributed by atoms with Crippen molar-refractivity contribution in [1.29, 1.82) is 0 Å². The van der Waals surface area contributed by atoms with Gasteiger partial charge < -0.3 is 5.73 Å². The fourth-order valence-electron chi connectivity index (χ4n) is 1.42. The number of halogens is 1. The number of thioether (sulfide) groups is 1. The van der Waals surface area contributed by atoms with Gasteiger partial charge in [0, 0.05) is 27.0 Å². The van der Waals surface area contributed by atoms with E-state index in [9.17, 15) is 0 Å². The topological polar surface area (TPSA) is 38.9 Å². The third-order valence-electron chi connectivity index (χ3n) is 2.38. The van der Waals surface area contributed by atoms with Crippen molar-refractivity contribution >= 4 is 33.4 Å². The van der Waals surface area contributed by atoms with Gasteiger partial charge >= 0.3 is 0 Å². The molecule has 0 bridgehead atoms. The van der Waals surface area contributed by atoms with E-state index in [0.717, 1.165) is 21.6 Å². The molecule has 2 aromatic rings. The number of nitrogen functional groups attached to an aromatic ring is 1. The Bertz CT molecular complexity index is 511. The van der Waals surface area contributed by atoms with Gasteiger partial charge in [-0.3, -0.25) is 4.98 Å². The van der Waals surface area contributed by atoms with E-state index in [1.807, 2.05) is 36.5 Å². The highest BCUT2D eigenvalue weighted by Crippen LogP contribution is 2.27. The number of aromatic nitrogens is 1. The van der Waals surface area contributed by atoms with Crippen molar-refractivity contribution in [2.75, 3.05) is 5.73 Å². The van der Waals surface area contributed by atoms with Crippen LogP contribution in [-0.4, -0.2) is 4.98 Å². The van der Waals surface area contributed by atoms with E-state index in [0.29, 0.717) is 0 Å². The van der Waals surface area contributed by atoms with Crippen molar-refractivity contribution in [2.24, 2.45) is 0 Å². The summed E-state index contributed by atoms with van der Waals surface area (Å²) >= 11 is 5.14. The van der Waals surface area contributed by atoms with Gasteiger partial charge in [0.05, 0.1) is 5.69 Å². The Morgan fingerprint density at radius 3 is 2.82 bits per heavy atom. The minimum Gasteiger partial charge on any atom is -0.399 e. The molecule has 0 aliphatic carbocycles. The van der Waals surface area contributed by atoms with Crippen LogP contribution < -0.4 is 5.73 Å². The zero-order valence-corrected chi connectivity index (χ0v) is 11.9. The van der Waals surface area contributed by atoms with Crippen LogP contribution in [0.2, 0.25) is 0 Å². The summed E-state index contributed by atoms with van der Waals surface area (Å²) in [5, 5.41) is 0. The quantitative estimate of drug-likeness (QED) is 0.687. The molecule has 0 amide bonds. The number of nitrogens with zero attached hydrogens (tertiary/aromatic N) is 1. The number of aryl methyl sites for hydroxylation is 1. The van der Waals surface area contributed by atoms with Crippen molar-refractivity contribution < 1.29 is 0 Å². The highest BCUT2D eigenvalue weighted by atomic mass is 79.9. The SMILES string of the molecule is Cc1ccc(N)cc1SCc1ccc(Br)cn1. The summed E-state index contributed by atoms with van der Waals surface area (Å²) in [5.41, 5.74) is 8.91. The van der Waals surface area contributed by atoms with Crippen molar-refractivity contribution in [3.8, 4) is 0 Å². The predicted molar refractivity (Wildman–Crippen MR) is 77.1 cm³/mol. The van der Waals surface area contributed by atoms with Gasteiger partial charge in [-0.2, -0.15) is 0 Å². The average Bonchev–Trinajstić information content (AvgIpc) is 2.32. The van der Waals surface area contributed by atoms with Gasteiger partial charge in [0.1, 0.15) is 0 Å². The number of anilines is 1. The molecule has 2 N–H and O–H groups in total. The third kappa shape index (κ3) is 3.48. The number of benzene rings is 1. The lowest BCUT2D eigenvalue weighted by molar-refractivity contribution is 1.16. The molecule has 0 aliphatic rings. The van der Waals surface area contributed by atoms with Crippen LogP contribution in [0.5, 0.6) is 0 Å². The molecule has 0 spiro atoms. The van der Waals surface area contributed by atoms with Gasteiger partial charge in [-0.05, 0) is 52.7 Å². The Labute approximate surface area is 114 Å². The molecule has 2 rings (SSSR count). The summed E-state index contributed by atoms with van der Waals surface area (Å²) in [4.78, 5) is 5.56. The Hall–Kier alpha value is -1.00. The van der Waals surface area contributed by atoms with E-state index < -0.39 is 0 Å². The molecule has 1 aromatic carbocycles. The first-order valence-corrected chi connectivity index (χ1v) is 7.02. The van der Waals surface area contributed by atoms with E-state index in [1.165, 1.54) is 10.5 Å². The Balaban J connectivity index is 2.07. The van der Waals surface area contributed by atoms with Gasteiger partial charge in [0.25, 0.3) is 0 Å². The van der Waals surface area contributed by atoms with Gasteiger partial charge in [0.2, 0.25) is 0 Å². The number of nitrogens with two attached hydrogens (primary N) is 1. The number of rotatable bonds is 3. The maximum absolute atomic E-state index is 5.78. The zero-order chi connectivity index (χ0) is 12.3. The van der Waals surface area contributed by atoms with Gasteiger partial charge in [-0.25, -0.2) is 0 Å². The largest absolute Gasteiger partial charge is 0.399 e. The van der Waals surface area contributed by atoms with Crippen LogP contribution >= 0.6 is 27.7 Å². The molecule has 0 aliphatic heterocycles. The molecule has 0 saturated carbocycles. The van der Waals surface area contributed by atoms with Crippen LogP contribution in [0.25, 0.3) is 0 Å². The standard InChI is InChI=1S/C13H13BrN2S/c1-9-2-4-11(15)6-13(9)17-8-12-5-3-10(14)7-16-12/h2-7H,8,15H2,1H3. The molecule has 88 valence electrons. The second-order valence-corrected chi connectivity index (χ2v) is 5.71. The molecule has 0 saturated heterocycles. The average molecular weight is 309 g/mol. The maximum atomic E-state index is 5.78. The number of hydrogen-bond acceptors (Lipinski definition) is 3. The molecule has 1 heterocycles. The maximum Gasteiger partial charge on any atom is 0.0507 e. The molecule has 0 atom stereocenters. The third-order valence-corrected chi connectivity index (χ3v) is 4.04. The molecular weight excluding hydrogens is 296 g/mol. The minimum absolute atomic E-state index is 0.807. The first-order valence-electron chi connectivity index (χ1n) is 5.24. The zero-order valence-electron chi connectivity index (χ0n) is 9.48. The van der Waals surface area contributed by atoms with Crippen LogP contribution in [0.1, 0.15) is 11.3 Å². The van der Waals surface area contributed by atoms with Crippen LogP contribution in [0.15, 0.2) is 45.9 Å². The predicted octanol–water partition coefficient (Wildman–Crippen LogP) is 4.03. The van der Waals surface area contributed by atoms with Gasteiger partial charge in [0.15, 0.2) is 0 Å². The molecule has 0 fully saturated rings. The van der Waals surface area contributed by atoms with Crippen molar-refractivity contribution in [3.63, 3.8) is 0 Å². The van der Waals surface area contributed by atoms with E-state index in [2.05, 4.69) is 27.8 Å².